The van der Waals surface area contributed by atoms with Gasteiger partial charge in [0.05, 0.1) is 24.2 Å². The first-order chi connectivity index (χ1) is 13.5. The number of fused-ring (bicyclic) bond motifs is 1. The molecule has 0 aliphatic carbocycles. The second-order valence-electron chi connectivity index (χ2n) is 6.67. The number of nitrogens with zero attached hydrogens (tertiary/aromatic N) is 2. The molecule has 0 fully saturated rings. The quantitative estimate of drug-likeness (QED) is 0.606. The number of benzene rings is 2. The van der Waals surface area contributed by atoms with E-state index in [4.69, 9.17) is 4.74 Å². The van der Waals surface area contributed by atoms with Crippen LogP contribution in [-0.2, 0) is 6.54 Å². The Hall–Kier alpha value is -3.09. The number of para-hydroxylation sites is 2. The number of urea groups is 1. The Bertz CT molecular complexity index is 970. The lowest BCUT2D eigenvalue weighted by atomic mass is 10.1. The number of nitrogens with one attached hydrogen (secondary N) is 2. The molecule has 0 saturated heterocycles. The molecule has 0 aliphatic heterocycles. The second kappa shape index (κ2) is 8.73. The van der Waals surface area contributed by atoms with E-state index in [1.165, 1.54) is 13.2 Å². The third-order valence-corrected chi connectivity index (χ3v) is 4.71. The van der Waals surface area contributed by atoms with E-state index >= 15 is 0 Å². The summed E-state index contributed by atoms with van der Waals surface area (Å²) >= 11 is 0. The first-order valence-corrected chi connectivity index (χ1v) is 9.29. The lowest BCUT2D eigenvalue weighted by Gasteiger charge is -2.16. The van der Waals surface area contributed by atoms with Gasteiger partial charge in [-0.2, -0.15) is 0 Å². The number of hydrogen-bond acceptors (Lipinski definition) is 3. The summed E-state index contributed by atoms with van der Waals surface area (Å²) in [6.45, 7) is 5.09. The Morgan fingerprint density at radius 3 is 2.82 bits per heavy atom. The van der Waals surface area contributed by atoms with Crippen LogP contribution in [0.2, 0.25) is 0 Å². The van der Waals surface area contributed by atoms with E-state index < -0.39 is 5.82 Å². The SMILES string of the molecule is COc1ccc(C(C)NC(=O)NCCCn2c(C)nc3ccccc32)cc1F. The maximum atomic E-state index is 13.8. The second-order valence-corrected chi connectivity index (χ2v) is 6.67. The molecule has 0 spiro atoms. The van der Waals surface area contributed by atoms with E-state index in [0.717, 1.165) is 29.8 Å². The molecule has 0 saturated carbocycles. The van der Waals surface area contributed by atoms with Gasteiger partial charge in [-0.15, -0.1) is 0 Å². The number of carbonyl (C=O) groups is 1. The predicted octanol–water partition coefficient (Wildman–Crippen LogP) is 3.94. The third kappa shape index (κ3) is 4.42. The average Bonchev–Trinajstić information content (AvgIpc) is 3.00. The van der Waals surface area contributed by atoms with Crippen molar-refractivity contribution in [2.24, 2.45) is 0 Å². The van der Waals surface area contributed by atoms with Crippen LogP contribution in [0.5, 0.6) is 5.75 Å². The smallest absolute Gasteiger partial charge is 0.315 e. The molecule has 1 heterocycles. The van der Waals surface area contributed by atoms with Crippen molar-refractivity contribution in [3.05, 3.63) is 59.7 Å². The van der Waals surface area contributed by atoms with Crippen molar-refractivity contribution >= 4 is 17.1 Å². The predicted molar refractivity (Wildman–Crippen MR) is 107 cm³/mol. The largest absolute Gasteiger partial charge is 0.494 e. The van der Waals surface area contributed by atoms with Crippen LogP contribution < -0.4 is 15.4 Å². The molecule has 2 aromatic carbocycles. The number of rotatable bonds is 7. The molecule has 28 heavy (non-hydrogen) atoms. The number of halogens is 1. The van der Waals surface area contributed by atoms with Crippen LogP contribution in [-0.4, -0.2) is 29.2 Å². The summed E-state index contributed by atoms with van der Waals surface area (Å²) in [5, 5.41) is 5.67. The van der Waals surface area contributed by atoms with Crippen LogP contribution >= 0.6 is 0 Å². The van der Waals surface area contributed by atoms with Crippen molar-refractivity contribution in [2.75, 3.05) is 13.7 Å². The zero-order chi connectivity index (χ0) is 20.1. The van der Waals surface area contributed by atoms with Crippen molar-refractivity contribution in [3.63, 3.8) is 0 Å². The highest BCUT2D eigenvalue weighted by Crippen LogP contribution is 2.21. The molecule has 1 unspecified atom stereocenters. The van der Waals surface area contributed by atoms with Gasteiger partial charge in [-0.05, 0) is 50.1 Å². The molecule has 0 bridgehead atoms. The number of aryl methyl sites for hydroxylation is 2. The van der Waals surface area contributed by atoms with E-state index in [2.05, 4.69) is 20.2 Å². The number of carbonyl (C=O) groups excluding carboxylic acids is 1. The minimum atomic E-state index is -0.447. The van der Waals surface area contributed by atoms with Gasteiger partial charge in [0.1, 0.15) is 5.82 Å². The number of amides is 2. The van der Waals surface area contributed by atoms with Gasteiger partial charge in [0, 0.05) is 13.1 Å². The summed E-state index contributed by atoms with van der Waals surface area (Å²) in [4.78, 5) is 16.7. The van der Waals surface area contributed by atoms with E-state index in [-0.39, 0.29) is 17.8 Å². The molecule has 148 valence electrons. The maximum Gasteiger partial charge on any atom is 0.315 e. The summed E-state index contributed by atoms with van der Waals surface area (Å²) in [6, 6.07) is 12.1. The molecule has 3 aromatic rings. The van der Waals surface area contributed by atoms with Gasteiger partial charge in [0.15, 0.2) is 11.6 Å². The molecule has 0 radical (unpaired) electrons. The standard InChI is InChI=1S/C21H25FN4O2/c1-14(16-9-10-20(28-3)17(22)13-16)24-21(27)23-11-6-12-26-15(2)25-18-7-4-5-8-19(18)26/h4-5,7-10,13-14H,6,11-12H2,1-3H3,(H2,23,24,27). The number of ether oxygens (including phenoxy) is 1. The number of imidazole rings is 1. The van der Waals surface area contributed by atoms with E-state index in [1.807, 2.05) is 38.1 Å². The summed E-state index contributed by atoms with van der Waals surface area (Å²) < 4.78 is 20.9. The van der Waals surface area contributed by atoms with E-state index in [1.54, 1.807) is 12.1 Å². The van der Waals surface area contributed by atoms with Gasteiger partial charge in [-0.1, -0.05) is 18.2 Å². The highest BCUT2D eigenvalue weighted by atomic mass is 19.1. The third-order valence-electron chi connectivity index (χ3n) is 4.71. The number of hydrogen-bond donors (Lipinski definition) is 2. The Morgan fingerprint density at radius 1 is 1.29 bits per heavy atom. The molecule has 0 aliphatic rings. The number of methoxy groups -OCH3 is 1. The summed E-state index contributed by atoms with van der Waals surface area (Å²) in [6.07, 6.45) is 0.778. The zero-order valence-corrected chi connectivity index (χ0v) is 16.3. The molecule has 1 atom stereocenters. The minimum absolute atomic E-state index is 0.183. The zero-order valence-electron chi connectivity index (χ0n) is 16.3. The molecule has 3 rings (SSSR count). The van der Waals surface area contributed by atoms with Crippen molar-refractivity contribution in [2.45, 2.75) is 32.9 Å². The first-order valence-electron chi connectivity index (χ1n) is 9.29. The highest BCUT2D eigenvalue weighted by Gasteiger charge is 2.12. The maximum absolute atomic E-state index is 13.8. The molecular weight excluding hydrogens is 359 g/mol. The van der Waals surface area contributed by atoms with Crippen LogP contribution in [0, 0.1) is 12.7 Å². The van der Waals surface area contributed by atoms with Crippen LogP contribution in [0.4, 0.5) is 9.18 Å². The fraction of sp³-hybridized carbons (Fsp3) is 0.333. The average molecular weight is 384 g/mol. The highest BCUT2D eigenvalue weighted by molar-refractivity contribution is 5.76. The topological polar surface area (TPSA) is 68.2 Å². The van der Waals surface area contributed by atoms with E-state index in [0.29, 0.717) is 12.1 Å². The van der Waals surface area contributed by atoms with Crippen molar-refractivity contribution in [3.8, 4) is 5.75 Å². The van der Waals surface area contributed by atoms with Gasteiger partial charge < -0.3 is 19.9 Å². The van der Waals surface area contributed by atoms with Crippen LogP contribution in [0.15, 0.2) is 42.5 Å². The summed E-state index contributed by atoms with van der Waals surface area (Å²) in [5.74, 6) is 0.695. The fourth-order valence-corrected chi connectivity index (χ4v) is 3.20. The van der Waals surface area contributed by atoms with Gasteiger partial charge in [0.25, 0.3) is 0 Å². The van der Waals surface area contributed by atoms with Gasteiger partial charge in [0.2, 0.25) is 0 Å². The fourth-order valence-electron chi connectivity index (χ4n) is 3.20. The Kier molecular flexibility index (Phi) is 6.13. The van der Waals surface area contributed by atoms with Gasteiger partial charge in [-0.25, -0.2) is 14.2 Å². The Balaban J connectivity index is 1.48. The molecular formula is C21H25FN4O2. The first kappa shape index (κ1) is 19.7. The van der Waals surface area contributed by atoms with Crippen LogP contribution in [0.3, 0.4) is 0 Å². The number of aromatic nitrogens is 2. The van der Waals surface area contributed by atoms with Crippen LogP contribution in [0.25, 0.3) is 11.0 Å². The normalized spacial score (nSPS) is 12.0. The molecule has 1 aromatic heterocycles. The molecule has 2 N–H and O–H groups in total. The Labute approximate surface area is 163 Å². The summed E-state index contributed by atoms with van der Waals surface area (Å²) in [7, 11) is 1.42. The van der Waals surface area contributed by atoms with Crippen LogP contribution in [0.1, 0.15) is 30.8 Å². The summed E-state index contributed by atoms with van der Waals surface area (Å²) in [5.41, 5.74) is 2.75. The van der Waals surface area contributed by atoms with E-state index in [9.17, 15) is 9.18 Å². The lowest BCUT2D eigenvalue weighted by molar-refractivity contribution is 0.237. The van der Waals surface area contributed by atoms with Crippen molar-refractivity contribution in [1.82, 2.24) is 20.2 Å². The van der Waals surface area contributed by atoms with Gasteiger partial charge >= 0.3 is 6.03 Å². The molecule has 6 nitrogen and oxygen atoms in total. The van der Waals surface area contributed by atoms with Crippen molar-refractivity contribution < 1.29 is 13.9 Å². The van der Waals surface area contributed by atoms with Crippen molar-refractivity contribution in [1.29, 1.82) is 0 Å². The Morgan fingerprint density at radius 2 is 2.07 bits per heavy atom. The molecule has 2 amide bonds. The minimum Gasteiger partial charge on any atom is -0.494 e. The lowest BCUT2D eigenvalue weighted by Crippen LogP contribution is -2.37. The van der Waals surface area contributed by atoms with Gasteiger partial charge in [-0.3, -0.25) is 0 Å². The molecule has 7 heteroatoms. The monoisotopic (exact) mass is 384 g/mol.